The zero-order valence-electron chi connectivity index (χ0n) is 16.0. The van der Waals surface area contributed by atoms with Gasteiger partial charge in [0.25, 0.3) is 5.84 Å². The molecule has 0 amide bonds. The van der Waals surface area contributed by atoms with Gasteiger partial charge in [-0.25, -0.2) is 5.43 Å². The topological polar surface area (TPSA) is 57.3 Å². The average Bonchev–Trinajstić information content (AvgIpc) is 3.32. The van der Waals surface area contributed by atoms with Gasteiger partial charge >= 0.3 is 0 Å². The minimum Gasteiger partial charge on any atom is -0.298 e. The summed E-state index contributed by atoms with van der Waals surface area (Å²) in [6.07, 6.45) is 5.60. The maximum absolute atomic E-state index is 4.87. The molecule has 2 N–H and O–H groups in total. The Morgan fingerprint density at radius 1 is 1.14 bits per heavy atom. The van der Waals surface area contributed by atoms with Gasteiger partial charge in [-0.05, 0) is 23.6 Å². The molecule has 1 saturated heterocycles. The third-order valence-corrected chi connectivity index (χ3v) is 5.80. The lowest BCUT2D eigenvalue weighted by Gasteiger charge is -2.27. The molecule has 0 radical (unpaired) electrons. The van der Waals surface area contributed by atoms with Gasteiger partial charge in [-0.15, -0.1) is 0 Å². The number of benzene rings is 1. The number of rotatable bonds is 4. The number of hydrogen-bond donors (Lipinski definition) is 2. The number of hydrogen-bond acceptors (Lipinski definition) is 5. The lowest BCUT2D eigenvalue weighted by Crippen LogP contribution is -3.20. The van der Waals surface area contributed by atoms with Gasteiger partial charge < -0.3 is 0 Å². The van der Waals surface area contributed by atoms with E-state index in [4.69, 9.17) is 4.99 Å². The zero-order chi connectivity index (χ0) is 18.9. The van der Waals surface area contributed by atoms with Crippen molar-refractivity contribution in [2.24, 2.45) is 21.8 Å². The van der Waals surface area contributed by atoms with Crippen molar-refractivity contribution in [1.29, 1.82) is 0 Å². The Kier molecular flexibility index (Phi) is 4.50. The number of fused-ring (bicyclic) bond motifs is 1. The fraction of sp³-hybridized carbons (Fsp3) is 0.318. The molecule has 28 heavy (non-hydrogen) atoms. The number of aromatic nitrogens is 1. The van der Waals surface area contributed by atoms with Crippen LogP contribution >= 0.6 is 0 Å². The van der Waals surface area contributed by atoms with Gasteiger partial charge in [0.1, 0.15) is 6.54 Å². The van der Waals surface area contributed by atoms with E-state index in [1.807, 2.05) is 18.5 Å². The summed E-state index contributed by atoms with van der Waals surface area (Å²) >= 11 is 0. The molecule has 1 fully saturated rings. The quantitative estimate of drug-likeness (QED) is 0.848. The van der Waals surface area contributed by atoms with Crippen molar-refractivity contribution in [3.63, 3.8) is 0 Å². The van der Waals surface area contributed by atoms with Crippen LogP contribution in [0.4, 0.5) is 0 Å². The van der Waals surface area contributed by atoms with Crippen molar-refractivity contribution in [1.82, 2.24) is 15.3 Å². The molecule has 4 heterocycles. The molecule has 3 unspecified atom stereocenters. The molecule has 1 aromatic heterocycles. The third-order valence-electron chi connectivity index (χ3n) is 5.80. The van der Waals surface area contributed by atoms with Gasteiger partial charge in [-0.2, -0.15) is 10.0 Å². The van der Waals surface area contributed by atoms with E-state index in [2.05, 4.69) is 63.6 Å². The Morgan fingerprint density at radius 2 is 2.04 bits per heavy atom. The van der Waals surface area contributed by atoms with Crippen LogP contribution in [0.2, 0.25) is 0 Å². The summed E-state index contributed by atoms with van der Waals surface area (Å²) in [7, 11) is 0. The zero-order valence-corrected chi connectivity index (χ0v) is 16.0. The lowest BCUT2D eigenvalue weighted by atomic mass is 9.96. The Bertz CT molecular complexity index is 934. The van der Waals surface area contributed by atoms with Crippen molar-refractivity contribution < 1.29 is 5.01 Å². The van der Waals surface area contributed by atoms with Gasteiger partial charge in [-0.3, -0.25) is 14.9 Å². The van der Waals surface area contributed by atoms with Crippen LogP contribution < -0.4 is 10.4 Å². The molecule has 0 bridgehead atoms. The van der Waals surface area contributed by atoms with Crippen molar-refractivity contribution in [2.45, 2.75) is 13.5 Å². The molecule has 5 rings (SSSR count). The van der Waals surface area contributed by atoms with E-state index in [9.17, 15) is 0 Å². The number of nitrogens with zero attached hydrogens (tertiary/aromatic N) is 4. The number of pyridine rings is 1. The second-order valence-electron chi connectivity index (χ2n) is 7.84. The smallest absolute Gasteiger partial charge is 0.264 e. The van der Waals surface area contributed by atoms with Gasteiger partial charge in [0.05, 0.1) is 11.8 Å². The number of amidine groups is 2. The lowest BCUT2D eigenvalue weighted by molar-refractivity contribution is -0.801. The molecule has 142 valence electrons. The number of aliphatic imine (C=N–C) groups is 2. The highest BCUT2D eigenvalue weighted by atomic mass is 15.6. The molecule has 3 atom stereocenters. The molecular weight excluding hydrogens is 348 g/mol. The van der Waals surface area contributed by atoms with E-state index >= 15 is 0 Å². The molecule has 0 aliphatic carbocycles. The predicted octanol–water partition coefficient (Wildman–Crippen LogP) is 1.25. The second-order valence-corrected chi connectivity index (χ2v) is 7.84. The summed E-state index contributed by atoms with van der Waals surface area (Å²) in [4.78, 5) is 16.3. The summed E-state index contributed by atoms with van der Waals surface area (Å²) in [6.45, 7) is 6.17. The Hall–Kier alpha value is -2.83. The fourth-order valence-electron chi connectivity index (χ4n) is 4.35. The first-order valence-electron chi connectivity index (χ1n) is 9.90. The van der Waals surface area contributed by atoms with E-state index in [0.717, 1.165) is 47.6 Å². The Balaban J connectivity index is 1.29. The monoisotopic (exact) mass is 373 g/mol. The van der Waals surface area contributed by atoms with Crippen LogP contribution in [0.1, 0.15) is 18.1 Å². The first-order chi connectivity index (χ1) is 13.8. The molecule has 3 aliphatic heterocycles. The van der Waals surface area contributed by atoms with E-state index in [1.165, 1.54) is 5.56 Å². The summed E-state index contributed by atoms with van der Waals surface area (Å²) in [5.41, 5.74) is 7.21. The van der Waals surface area contributed by atoms with Crippen LogP contribution in [0.3, 0.4) is 0 Å². The largest absolute Gasteiger partial charge is 0.298 e. The van der Waals surface area contributed by atoms with Crippen LogP contribution in [0.25, 0.3) is 0 Å². The summed E-state index contributed by atoms with van der Waals surface area (Å²) < 4.78 is 0. The molecular formula is C22H25N6+. The highest BCUT2D eigenvalue weighted by Gasteiger charge is 2.40. The first kappa shape index (κ1) is 17.3. The Morgan fingerprint density at radius 3 is 2.86 bits per heavy atom. The molecule has 6 nitrogen and oxygen atoms in total. The van der Waals surface area contributed by atoms with E-state index in [1.54, 1.807) is 6.20 Å². The van der Waals surface area contributed by atoms with E-state index in [-0.39, 0.29) is 0 Å². The number of nitrogens with one attached hydrogen (secondary N) is 2. The van der Waals surface area contributed by atoms with Crippen molar-refractivity contribution in [3.8, 4) is 0 Å². The van der Waals surface area contributed by atoms with Crippen LogP contribution in [-0.2, 0) is 6.54 Å². The van der Waals surface area contributed by atoms with Gasteiger partial charge in [-0.1, -0.05) is 37.3 Å². The number of quaternary nitrogens is 1. The van der Waals surface area contributed by atoms with Crippen LogP contribution in [0.5, 0.6) is 0 Å². The van der Waals surface area contributed by atoms with Crippen LogP contribution in [0.15, 0.2) is 76.7 Å². The molecule has 0 spiro atoms. The number of likely N-dealkylation sites (tertiary alicyclic amines) is 1. The molecule has 2 aromatic rings. The molecule has 0 saturated carbocycles. The first-order valence-corrected chi connectivity index (χ1v) is 9.90. The molecule has 6 heteroatoms. The standard InChI is InChI=1S/C22H24N6/c1-16-13-27(14-17-6-3-2-4-7-17)15-20(16)21-24-11-19-12-25-22(28(19)26-21)18-8-5-9-23-10-18/h2-10,12,16,20H,11,13-15H2,1H3,(H,24,26)/p+1. The summed E-state index contributed by atoms with van der Waals surface area (Å²) in [5, 5.41) is 1.10. The average molecular weight is 373 g/mol. The Labute approximate surface area is 165 Å². The second kappa shape index (κ2) is 7.30. The molecule has 1 aromatic carbocycles. The van der Waals surface area contributed by atoms with Gasteiger partial charge in [0, 0.05) is 37.9 Å². The molecule has 3 aliphatic rings. The fourth-order valence-corrected chi connectivity index (χ4v) is 4.35. The summed E-state index contributed by atoms with van der Waals surface area (Å²) in [5.74, 6) is 3.07. The maximum Gasteiger partial charge on any atom is 0.264 e. The predicted molar refractivity (Wildman–Crippen MR) is 110 cm³/mol. The van der Waals surface area contributed by atoms with Gasteiger partial charge in [0.15, 0.2) is 11.5 Å². The maximum atomic E-state index is 4.87. The van der Waals surface area contributed by atoms with Crippen LogP contribution in [-0.4, -0.2) is 41.2 Å². The highest BCUT2D eigenvalue weighted by Crippen LogP contribution is 2.25. The SMILES string of the molecule is CC1CN(Cc2ccccc2)CC1C1=NCC2=CN=C(c3cccnc3)[NH+]2N1. The van der Waals surface area contributed by atoms with Crippen LogP contribution in [0, 0.1) is 11.8 Å². The normalized spacial score (nSPS) is 26.9. The van der Waals surface area contributed by atoms with Crippen molar-refractivity contribution in [2.75, 3.05) is 19.6 Å². The third kappa shape index (κ3) is 3.25. The van der Waals surface area contributed by atoms with Crippen molar-refractivity contribution in [3.05, 3.63) is 77.9 Å². The van der Waals surface area contributed by atoms with Crippen molar-refractivity contribution >= 4 is 11.7 Å². The van der Waals surface area contributed by atoms with Gasteiger partial charge in [0.2, 0.25) is 0 Å². The minimum atomic E-state index is 0.425. The summed E-state index contributed by atoms with van der Waals surface area (Å²) in [6, 6.07) is 14.7. The minimum absolute atomic E-state index is 0.425. The van der Waals surface area contributed by atoms with E-state index < -0.39 is 0 Å². The highest BCUT2D eigenvalue weighted by molar-refractivity contribution is 5.95. The van der Waals surface area contributed by atoms with E-state index in [0.29, 0.717) is 18.4 Å².